The Hall–Kier alpha value is -3.13. The summed E-state index contributed by atoms with van der Waals surface area (Å²) in [5.74, 6) is -0.488. The van der Waals surface area contributed by atoms with Crippen LogP contribution in [0.5, 0.6) is 0 Å². The molecular weight excluding hydrogens is 442 g/mol. The average Bonchev–Trinajstić information content (AvgIpc) is 3.07. The third-order valence-corrected chi connectivity index (χ3v) is 6.55. The van der Waals surface area contributed by atoms with Gasteiger partial charge in [-0.05, 0) is 69.9 Å². The molecule has 0 radical (unpaired) electrons. The molecule has 2 aromatic heterocycles. The summed E-state index contributed by atoms with van der Waals surface area (Å²) in [5, 5.41) is 3.82. The number of benzene rings is 1. The third-order valence-electron chi connectivity index (χ3n) is 6.30. The van der Waals surface area contributed by atoms with Gasteiger partial charge >= 0.3 is 0 Å². The van der Waals surface area contributed by atoms with Crippen LogP contribution in [-0.4, -0.2) is 50.0 Å². The number of rotatable bonds is 5. The van der Waals surface area contributed by atoms with E-state index in [4.69, 9.17) is 11.6 Å². The highest BCUT2D eigenvalue weighted by atomic mass is 35.5. The fraction of sp³-hybridized carbons (Fsp3) is 0.417. The van der Waals surface area contributed by atoms with Crippen LogP contribution in [0.1, 0.15) is 37.4 Å². The van der Waals surface area contributed by atoms with Crippen LogP contribution >= 0.6 is 11.6 Å². The molecule has 1 aliphatic heterocycles. The first kappa shape index (κ1) is 23.0. The van der Waals surface area contributed by atoms with Gasteiger partial charge in [0.15, 0.2) is 5.65 Å². The Morgan fingerprint density at radius 2 is 1.79 bits per heavy atom. The number of aryl methyl sites for hydroxylation is 1. The molecular formula is C24H28ClN5O3. The van der Waals surface area contributed by atoms with Gasteiger partial charge in [0, 0.05) is 29.5 Å². The number of nitrogens with zero attached hydrogens (tertiary/aromatic N) is 4. The zero-order valence-corrected chi connectivity index (χ0v) is 19.9. The number of carbonyl (C=O) groups excluding carboxylic acids is 2. The van der Waals surface area contributed by atoms with Gasteiger partial charge in [-0.2, -0.15) is 0 Å². The number of amides is 2. The van der Waals surface area contributed by atoms with E-state index in [9.17, 15) is 14.4 Å². The van der Waals surface area contributed by atoms with E-state index in [-0.39, 0.29) is 18.0 Å². The van der Waals surface area contributed by atoms with E-state index in [0.717, 1.165) is 49.3 Å². The fourth-order valence-electron chi connectivity index (χ4n) is 4.40. The van der Waals surface area contributed by atoms with Crippen LogP contribution in [0.3, 0.4) is 0 Å². The molecule has 1 aliphatic rings. The lowest BCUT2D eigenvalue weighted by molar-refractivity contribution is -0.136. The van der Waals surface area contributed by atoms with Gasteiger partial charge in [-0.25, -0.2) is 4.98 Å². The highest BCUT2D eigenvalue weighted by Gasteiger charge is 2.24. The van der Waals surface area contributed by atoms with Gasteiger partial charge in [-0.1, -0.05) is 11.6 Å². The fourth-order valence-corrected chi connectivity index (χ4v) is 4.52. The smallest absolute Gasteiger partial charge is 0.263 e. The molecule has 33 heavy (non-hydrogen) atoms. The lowest BCUT2D eigenvalue weighted by Gasteiger charge is -2.29. The van der Waals surface area contributed by atoms with Crippen LogP contribution in [-0.2, 0) is 16.1 Å². The number of likely N-dealkylation sites (tertiary alicyclic amines) is 1. The molecule has 0 saturated carbocycles. The van der Waals surface area contributed by atoms with Crippen LogP contribution < -0.4 is 10.9 Å². The molecule has 1 atom stereocenters. The van der Waals surface area contributed by atoms with Crippen LogP contribution in [0.15, 0.2) is 35.4 Å². The van der Waals surface area contributed by atoms with Crippen molar-refractivity contribution in [3.63, 3.8) is 0 Å². The molecule has 0 spiro atoms. The monoisotopic (exact) mass is 469 g/mol. The summed E-state index contributed by atoms with van der Waals surface area (Å²) >= 11 is 6.02. The summed E-state index contributed by atoms with van der Waals surface area (Å²) in [5.41, 5.74) is 2.78. The number of halogens is 1. The molecule has 1 saturated heterocycles. The number of piperidine rings is 1. The van der Waals surface area contributed by atoms with Gasteiger partial charge in [0.25, 0.3) is 5.56 Å². The summed E-state index contributed by atoms with van der Waals surface area (Å²) in [6.45, 7) is 6.72. The topological polar surface area (TPSA) is 89.2 Å². The van der Waals surface area contributed by atoms with E-state index in [1.807, 2.05) is 30.5 Å². The molecule has 1 unspecified atom stereocenters. The quantitative estimate of drug-likeness (QED) is 0.622. The van der Waals surface area contributed by atoms with Gasteiger partial charge in [0.05, 0.1) is 5.39 Å². The van der Waals surface area contributed by atoms with Gasteiger partial charge in [-0.3, -0.25) is 23.5 Å². The highest BCUT2D eigenvalue weighted by molar-refractivity contribution is 6.30. The SMILES string of the molecule is Cc1c(C)n(-c2ccc(Cl)cc2)c2ncn(CC(=O)NC(C)C(=O)N3CCCCC3)c(=O)c12. The van der Waals surface area contributed by atoms with Crippen LogP contribution in [0.25, 0.3) is 16.7 Å². The molecule has 1 aromatic carbocycles. The predicted octanol–water partition coefficient (Wildman–Crippen LogP) is 2.97. The molecule has 3 heterocycles. The minimum absolute atomic E-state index is 0.0875. The maximum Gasteiger partial charge on any atom is 0.263 e. The summed E-state index contributed by atoms with van der Waals surface area (Å²) in [7, 11) is 0. The summed E-state index contributed by atoms with van der Waals surface area (Å²) in [6.07, 6.45) is 4.48. The van der Waals surface area contributed by atoms with Gasteiger partial charge in [-0.15, -0.1) is 0 Å². The predicted molar refractivity (Wildman–Crippen MR) is 128 cm³/mol. The number of hydrogen-bond donors (Lipinski definition) is 1. The summed E-state index contributed by atoms with van der Waals surface area (Å²) < 4.78 is 3.20. The first-order valence-electron chi connectivity index (χ1n) is 11.2. The second-order valence-corrected chi connectivity index (χ2v) is 9.01. The maximum atomic E-state index is 13.2. The van der Waals surface area contributed by atoms with Crippen molar-refractivity contribution in [3.05, 3.63) is 57.2 Å². The largest absolute Gasteiger partial charge is 0.343 e. The number of nitrogens with one attached hydrogen (secondary N) is 1. The molecule has 1 fully saturated rings. The summed E-state index contributed by atoms with van der Waals surface area (Å²) in [6, 6.07) is 6.67. The van der Waals surface area contributed by atoms with Crippen molar-refractivity contribution < 1.29 is 9.59 Å². The molecule has 0 aliphatic carbocycles. The van der Waals surface area contributed by atoms with Crippen molar-refractivity contribution in [1.29, 1.82) is 0 Å². The van der Waals surface area contributed by atoms with E-state index in [2.05, 4.69) is 10.3 Å². The van der Waals surface area contributed by atoms with Crippen LogP contribution in [0, 0.1) is 13.8 Å². The minimum Gasteiger partial charge on any atom is -0.343 e. The van der Waals surface area contributed by atoms with Gasteiger partial charge in [0.1, 0.15) is 18.9 Å². The van der Waals surface area contributed by atoms with Crippen molar-refractivity contribution in [2.45, 2.75) is 52.6 Å². The first-order valence-corrected chi connectivity index (χ1v) is 11.6. The van der Waals surface area contributed by atoms with Crippen molar-refractivity contribution >= 4 is 34.4 Å². The molecule has 0 bridgehead atoms. The van der Waals surface area contributed by atoms with E-state index in [1.54, 1.807) is 24.0 Å². The van der Waals surface area contributed by atoms with Gasteiger partial charge < -0.3 is 10.2 Å². The Bertz CT molecular complexity index is 1260. The molecule has 174 valence electrons. The van der Waals surface area contributed by atoms with Crippen LogP contribution in [0.4, 0.5) is 0 Å². The number of aromatic nitrogens is 3. The Labute approximate surface area is 197 Å². The van der Waals surface area contributed by atoms with E-state index < -0.39 is 11.9 Å². The van der Waals surface area contributed by atoms with E-state index in [1.165, 1.54) is 10.9 Å². The molecule has 9 heteroatoms. The Kier molecular flexibility index (Phi) is 6.56. The van der Waals surface area contributed by atoms with E-state index >= 15 is 0 Å². The highest BCUT2D eigenvalue weighted by Crippen LogP contribution is 2.25. The zero-order valence-electron chi connectivity index (χ0n) is 19.1. The van der Waals surface area contributed by atoms with Crippen molar-refractivity contribution in [1.82, 2.24) is 24.3 Å². The lowest BCUT2D eigenvalue weighted by atomic mass is 10.1. The molecule has 3 aromatic rings. The Morgan fingerprint density at radius 3 is 2.45 bits per heavy atom. The lowest BCUT2D eigenvalue weighted by Crippen LogP contribution is -2.49. The standard InChI is InChI=1S/C24H28ClN5O3/c1-15-17(3)30(19-9-7-18(25)8-10-19)22-21(15)24(33)29(14-26-22)13-20(31)27-16(2)23(32)28-11-5-4-6-12-28/h7-10,14,16H,4-6,11-13H2,1-3H3,(H,27,31). The maximum absolute atomic E-state index is 13.2. The molecule has 1 N–H and O–H groups in total. The number of carbonyl (C=O) groups is 2. The number of fused-ring (bicyclic) bond motifs is 1. The summed E-state index contributed by atoms with van der Waals surface area (Å²) in [4.78, 5) is 44.7. The second-order valence-electron chi connectivity index (χ2n) is 8.57. The van der Waals surface area contributed by atoms with Crippen molar-refractivity contribution in [2.24, 2.45) is 0 Å². The number of hydrogen-bond acceptors (Lipinski definition) is 4. The molecule has 2 amide bonds. The third kappa shape index (κ3) is 4.53. The Morgan fingerprint density at radius 1 is 1.12 bits per heavy atom. The molecule has 8 nitrogen and oxygen atoms in total. The van der Waals surface area contributed by atoms with Crippen molar-refractivity contribution in [2.75, 3.05) is 13.1 Å². The average molecular weight is 470 g/mol. The normalized spacial score (nSPS) is 15.0. The van der Waals surface area contributed by atoms with Gasteiger partial charge in [0.2, 0.25) is 11.8 Å². The Balaban J connectivity index is 1.56. The minimum atomic E-state index is -0.641. The first-order chi connectivity index (χ1) is 15.8. The molecule has 4 rings (SSSR count). The second kappa shape index (κ2) is 9.39. The van der Waals surface area contributed by atoms with E-state index in [0.29, 0.717) is 16.1 Å². The van der Waals surface area contributed by atoms with Crippen molar-refractivity contribution in [3.8, 4) is 5.69 Å². The van der Waals surface area contributed by atoms with Crippen LogP contribution in [0.2, 0.25) is 5.02 Å². The zero-order chi connectivity index (χ0) is 23.7.